The molecule has 2 amide bonds. The Balaban J connectivity index is 1.68. The van der Waals surface area contributed by atoms with Crippen molar-refractivity contribution in [2.75, 3.05) is 33.2 Å². The summed E-state index contributed by atoms with van der Waals surface area (Å²) in [4.78, 5) is 31.9. The van der Waals surface area contributed by atoms with Gasteiger partial charge in [-0.3, -0.25) is 9.59 Å². The summed E-state index contributed by atoms with van der Waals surface area (Å²) in [5.41, 5.74) is 0. The van der Waals surface area contributed by atoms with Gasteiger partial charge in [0, 0.05) is 37.5 Å². The van der Waals surface area contributed by atoms with Gasteiger partial charge in [-0.2, -0.15) is 0 Å². The van der Waals surface area contributed by atoms with Crippen molar-refractivity contribution in [3.63, 3.8) is 0 Å². The fraction of sp³-hybridized carbons (Fsp3) is 0.600. The minimum atomic E-state index is -0.261. The summed E-state index contributed by atoms with van der Waals surface area (Å²) in [5, 5.41) is 2.01. The smallest absolute Gasteiger partial charge is 0.245 e. The van der Waals surface area contributed by atoms with Gasteiger partial charge in [0.05, 0.1) is 6.54 Å². The second kappa shape index (κ2) is 6.15. The van der Waals surface area contributed by atoms with Gasteiger partial charge in [-0.25, -0.2) is 0 Å². The molecule has 2 aliphatic rings. The second-order valence-corrected chi connectivity index (χ2v) is 6.82. The van der Waals surface area contributed by atoms with Crippen LogP contribution >= 0.6 is 11.3 Å². The molecule has 5 nitrogen and oxygen atoms in total. The number of nitrogens with zero attached hydrogens (tertiary/aromatic N) is 3. The van der Waals surface area contributed by atoms with Crippen LogP contribution in [0.2, 0.25) is 0 Å². The predicted octanol–water partition coefficient (Wildman–Crippen LogP) is 1.01. The molecule has 1 atom stereocenters. The number of thiophene rings is 1. The van der Waals surface area contributed by atoms with E-state index in [9.17, 15) is 9.59 Å². The first kappa shape index (κ1) is 14.5. The maximum atomic E-state index is 12.7. The molecule has 0 radical (unpaired) electrons. The number of carbonyl (C=O) groups excluding carboxylic acids is 2. The standard InChI is InChI=1S/C15H21N3O2S/c1-16-6-8-17(9-7-16)15(20)13-4-5-14(19)18(13)11-12-3-2-10-21-12/h2-3,10,13H,4-9,11H2,1H3. The van der Waals surface area contributed by atoms with Gasteiger partial charge in [0.15, 0.2) is 0 Å². The van der Waals surface area contributed by atoms with Crippen molar-refractivity contribution in [1.29, 1.82) is 0 Å². The maximum Gasteiger partial charge on any atom is 0.245 e. The van der Waals surface area contributed by atoms with Gasteiger partial charge in [-0.15, -0.1) is 11.3 Å². The molecule has 0 saturated carbocycles. The van der Waals surface area contributed by atoms with Gasteiger partial charge in [-0.05, 0) is 24.9 Å². The van der Waals surface area contributed by atoms with E-state index in [1.54, 1.807) is 16.2 Å². The summed E-state index contributed by atoms with van der Waals surface area (Å²) >= 11 is 1.64. The lowest BCUT2D eigenvalue weighted by molar-refractivity contribution is -0.142. The molecule has 0 aliphatic carbocycles. The minimum absolute atomic E-state index is 0.107. The largest absolute Gasteiger partial charge is 0.338 e. The van der Waals surface area contributed by atoms with Crippen molar-refractivity contribution >= 4 is 23.2 Å². The molecular formula is C15H21N3O2S. The van der Waals surface area contributed by atoms with Gasteiger partial charge in [0.25, 0.3) is 0 Å². The summed E-state index contributed by atoms with van der Waals surface area (Å²) < 4.78 is 0. The molecule has 6 heteroatoms. The predicted molar refractivity (Wildman–Crippen MR) is 82.0 cm³/mol. The van der Waals surface area contributed by atoms with Crippen LogP contribution in [0.5, 0.6) is 0 Å². The molecule has 1 aromatic heterocycles. The number of rotatable bonds is 3. The van der Waals surface area contributed by atoms with Crippen molar-refractivity contribution < 1.29 is 9.59 Å². The third-order valence-electron chi connectivity index (χ3n) is 4.33. The number of amides is 2. The number of likely N-dealkylation sites (N-methyl/N-ethyl adjacent to an activating group) is 1. The number of piperazine rings is 1. The van der Waals surface area contributed by atoms with Crippen LogP contribution in [0.15, 0.2) is 17.5 Å². The van der Waals surface area contributed by atoms with E-state index < -0.39 is 0 Å². The Kier molecular flexibility index (Phi) is 4.26. The molecule has 1 aromatic rings. The van der Waals surface area contributed by atoms with E-state index in [1.165, 1.54) is 0 Å². The molecule has 0 aromatic carbocycles. The Morgan fingerprint density at radius 1 is 1.33 bits per heavy atom. The normalized spacial score (nSPS) is 23.9. The van der Waals surface area contributed by atoms with Crippen LogP contribution in [0.4, 0.5) is 0 Å². The van der Waals surface area contributed by atoms with E-state index in [1.807, 2.05) is 22.4 Å². The molecule has 2 saturated heterocycles. The summed E-state index contributed by atoms with van der Waals surface area (Å²) in [6.07, 6.45) is 1.16. The lowest BCUT2D eigenvalue weighted by Crippen LogP contribution is -2.53. The van der Waals surface area contributed by atoms with Crippen LogP contribution in [0.3, 0.4) is 0 Å². The highest BCUT2D eigenvalue weighted by Gasteiger charge is 2.38. The quantitative estimate of drug-likeness (QED) is 0.837. The zero-order valence-electron chi connectivity index (χ0n) is 12.3. The van der Waals surface area contributed by atoms with Crippen molar-refractivity contribution in [3.05, 3.63) is 22.4 Å². The molecule has 2 aliphatic heterocycles. The first-order valence-electron chi connectivity index (χ1n) is 7.44. The molecule has 21 heavy (non-hydrogen) atoms. The monoisotopic (exact) mass is 307 g/mol. The van der Waals surface area contributed by atoms with Crippen LogP contribution in [-0.4, -0.2) is 65.8 Å². The summed E-state index contributed by atoms with van der Waals surface area (Å²) in [6.45, 7) is 3.94. The molecular weight excluding hydrogens is 286 g/mol. The van der Waals surface area contributed by atoms with Crippen LogP contribution in [-0.2, 0) is 16.1 Å². The average Bonchev–Trinajstić information content (AvgIpc) is 3.11. The highest BCUT2D eigenvalue weighted by atomic mass is 32.1. The lowest BCUT2D eigenvalue weighted by atomic mass is 10.1. The van der Waals surface area contributed by atoms with Crippen molar-refractivity contribution in [3.8, 4) is 0 Å². The van der Waals surface area contributed by atoms with Gasteiger partial charge in [0.2, 0.25) is 11.8 Å². The molecule has 1 unspecified atom stereocenters. The van der Waals surface area contributed by atoms with Crippen molar-refractivity contribution in [2.45, 2.75) is 25.4 Å². The van der Waals surface area contributed by atoms with E-state index >= 15 is 0 Å². The SMILES string of the molecule is CN1CCN(C(=O)C2CCC(=O)N2Cc2cccs2)CC1. The fourth-order valence-electron chi connectivity index (χ4n) is 3.00. The zero-order valence-corrected chi connectivity index (χ0v) is 13.1. The Morgan fingerprint density at radius 2 is 2.10 bits per heavy atom. The third-order valence-corrected chi connectivity index (χ3v) is 5.20. The highest BCUT2D eigenvalue weighted by molar-refractivity contribution is 7.09. The van der Waals surface area contributed by atoms with Gasteiger partial charge in [0.1, 0.15) is 6.04 Å². The number of hydrogen-bond donors (Lipinski definition) is 0. The maximum absolute atomic E-state index is 12.7. The molecule has 3 heterocycles. The molecule has 3 rings (SSSR count). The molecule has 0 N–H and O–H groups in total. The number of carbonyl (C=O) groups is 2. The third kappa shape index (κ3) is 3.11. The molecule has 0 bridgehead atoms. The fourth-order valence-corrected chi connectivity index (χ4v) is 3.70. The van der Waals surface area contributed by atoms with Gasteiger partial charge in [-0.1, -0.05) is 6.07 Å². The van der Waals surface area contributed by atoms with E-state index in [0.717, 1.165) is 31.1 Å². The Morgan fingerprint density at radius 3 is 2.76 bits per heavy atom. The number of likely N-dealkylation sites (tertiary alicyclic amines) is 1. The van der Waals surface area contributed by atoms with E-state index in [-0.39, 0.29) is 17.9 Å². The van der Waals surface area contributed by atoms with E-state index in [2.05, 4.69) is 11.9 Å². The van der Waals surface area contributed by atoms with E-state index in [4.69, 9.17) is 0 Å². The van der Waals surface area contributed by atoms with Crippen LogP contribution in [0.25, 0.3) is 0 Å². The molecule has 2 fully saturated rings. The minimum Gasteiger partial charge on any atom is -0.338 e. The molecule has 0 spiro atoms. The first-order valence-corrected chi connectivity index (χ1v) is 8.32. The Bertz CT molecular complexity index is 509. The first-order chi connectivity index (χ1) is 10.1. The Labute approximate surface area is 129 Å². The van der Waals surface area contributed by atoms with Crippen LogP contribution in [0.1, 0.15) is 17.7 Å². The van der Waals surface area contributed by atoms with Crippen LogP contribution in [0, 0.1) is 0 Å². The van der Waals surface area contributed by atoms with Gasteiger partial charge >= 0.3 is 0 Å². The number of hydrogen-bond acceptors (Lipinski definition) is 4. The highest BCUT2D eigenvalue weighted by Crippen LogP contribution is 2.25. The van der Waals surface area contributed by atoms with E-state index in [0.29, 0.717) is 19.4 Å². The van der Waals surface area contributed by atoms with Crippen LogP contribution < -0.4 is 0 Å². The average molecular weight is 307 g/mol. The summed E-state index contributed by atoms with van der Waals surface area (Å²) in [7, 11) is 2.07. The topological polar surface area (TPSA) is 43.9 Å². The summed E-state index contributed by atoms with van der Waals surface area (Å²) in [6, 6.07) is 3.74. The van der Waals surface area contributed by atoms with Gasteiger partial charge < -0.3 is 14.7 Å². The lowest BCUT2D eigenvalue weighted by Gasteiger charge is -2.35. The molecule has 114 valence electrons. The second-order valence-electron chi connectivity index (χ2n) is 5.78. The van der Waals surface area contributed by atoms with Crippen molar-refractivity contribution in [2.24, 2.45) is 0 Å². The van der Waals surface area contributed by atoms with Crippen molar-refractivity contribution in [1.82, 2.24) is 14.7 Å². The summed E-state index contributed by atoms with van der Waals surface area (Å²) in [5.74, 6) is 0.237. The zero-order chi connectivity index (χ0) is 14.8. The Hall–Kier alpha value is -1.40.